The fraction of sp³-hybridized carbons (Fsp3) is 0.600. The molecular formula is C20H28N4O3S2. The molecule has 158 valence electrons. The van der Waals surface area contributed by atoms with E-state index >= 15 is 0 Å². The van der Waals surface area contributed by atoms with Crippen molar-refractivity contribution < 1.29 is 13.2 Å². The zero-order valence-corrected chi connectivity index (χ0v) is 18.7. The van der Waals surface area contributed by atoms with E-state index in [2.05, 4.69) is 25.5 Å². The highest BCUT2D eigenvalue weighted by molar-refractivity contribution is 7.91. The van der Waals surface area contributed by atoms with Crippen LogP contribution in [0.2, 0.25) is 0 Å². The maximum Gasteiger partial charge on any atom is 0.272 e. The molecule has 2 aromatic heterocycles. The standard InChI is InChI=1S/C20H28N4O3S2/c1-20(2,3)24-17(13-16(21-24)14-6-7-14)19(25)23-10-8-15(9-11-23)22-29(26,27)18-5-4-12-28-18/h4-5,12-15,22H,6-11H2,1-3H3. The van der Waals surface area contributed by atoms with Crippen LogP contribution in [0.3, 0.4) is 0 Å². The molecule has 7 nitrogen and oxygen atoms in total. The topological polar surface area (TPSA) is 84.3 Å². The molecule has 3 heterocycles. The van der Waals surface area contributed by atoms with Crippen molar-refractivity contribution in [2.24, 2.45) is 0 Å². The Bertz CT molecular complexity index is 978. The summed E-state index contributed by atoms with van der Waals surface area (Å²) in [5.41, 5.74) is 1.38. The van der Waals surface area contributed by atoms with E-state index in [1.54, 1.807) is 17.5 Å². The van der Waals surface area contributed by atoms with Crippen LogP contribution in [0.1, 0.15) is 68.6 Å². The Labute approximate surface area is 176 Å². The van der Waals surface area contributed by atoms with Crippen LogP contribution in [0.5, 0.6) is 0 Å². The molecule has 2 aromatic rings. The zero-order valence-electron chi connectivity index (χ0n) is 17.1. The molecule has 1 aliphatic carbocycles. The third kappa shape index (κ3) is 4.41. The number of piperidine rings is 1. The van der Waals surface area contributed by atoms with Crippen molar-refractivity contribution in [1.29, 1.82) is 0 Å². The summed E-state index contributed by atoms with van der Waals surface area (Å²) in [4.78, 5) is 15.1. The Morgan fingerprint density at radius 2 is 1.90 bits per heavy atom. The second-order valence-corrected chi connectivity index (χ2v) is 11.8. The summed E-state index contributed by atoms with van der Waals surface area (Å²) in [5, 5.41) is 6.48. The quantitative estimate of drug-likeness (QED) is 0.780. The minimum Gasteiger partial charge on any atom is -0.337 e. The van der Waals surface area contributed by atoms with Gasteiger partial charge in [-0.25, -0.2) is 13.1 Å². The first kappa shape index (κ1) is 20.6. The van der Waals surface area contributed by atoms with E-state index in [-0.39, 0.29) is 17.5 Å². The Kier molecular flexibility index (Phi) is 5.33. The van der Waals surface area contributed by atoms with E-state index < -0.39 is 10.0 Å². The lowest BCUT2D eigenvalue weighted by Gasteiger charge is -2.33. The van der Waals surface area contributed by atoms with Crippen LogP contribution in [0.15, 0.2) is 27.8 Å². The molecule has 9 heteroatoms. The number of sulfonamides is 1. The first-order chi connectivity index (χ1) is 13.6. The maximum absolute atomic E-state index is 13.2. The SMILES string of the molecule is CC(C)(C)n1nc(C2CC2)cc1C(=O)N1CCC(NS(=O)(=O)c2cccs2)CC1. The first-order valence-electron chi connectivity index (χ1n) is 10.1. The summed E-state index contributed by atoms with van der Waals surface area (Å²) in [6.07, 6.45) is 3.50. The second-order valence-electron chi connectivity index (χ2n) is 8.93. The van der Waals surface area contributed by atoms with Crippen molar-refractivity contribution in [1.82, 2.24) is 19.4 Å². The predicted octanol–water partition coefficient (Wildman–Crippen LogP) is 3.16. The van der Waals surface area contributed by atoms with Crippen molar-refractivity contribution in [3.63, 3.8) is 0 Å². The third-order valence-electron chi connectivity index (χ3n) is 5.44. The summed E-state index contributed by atoms with van der Waals surface area (Å²) in [6.45, 7) is 7.23. The number of rotatable bonds is 5. The van der Waals surface area contributed by atoms with E-state index in [9.17, 15) is 13.2 Å². The Morgan fingerprint density at radius 3 is 2.45 bits per heavy atom. The zero-order chi connectivity index (χ0) is 20.8. The Hall–Kier alpha value is -1.71. The number of nitrogens with one attached hydrogen (secondary N) is 1. The average molecular weight is 437 g/mol. The predicted molar refractivity (Wildman–Crippen MR) is 113 cm³/mol. The highest BCUT2D eigenvalue weighted by Crippen LogP contribution is 2.40. The fourth-order valence-corrected chi connectivity index (χ4v) is 6.01. The largest absolute Gasteiger partial charge is 0.337 e. The van der Waals surface area contributed by atoms with E-state index in [0.717, 1.165) is 18.5 Å². The number of amides is 1. The van der Waals surface area contributed by atoms with Crippen molar-refractivity contribution in [2.45, 2.75) is 68.2 Å². The summed E-state index contributed by atoms with van der Waals surface area (Å²) in [7, 11) is -3.48. The van der Waals surface area contributed by atoms with Gasteiger partial charge in [-0.15, -0.1) is 11.3 Å². The molecule has 0 spiro atoms. The number of nitrogens with zero attached hydrogens (tertiary/aromatic N) is 3. The molecule has 2 aliphatic rings. The van der Waals surface area contributed by atoms with Gasteiger partial charge in [0.2, 0.25) is 10.0 Å². The molecule has 0 bridgehead atoms. The molecule has 1 aliphatic heterocycles. The van der Waals surface area contributed by atoms with Gasteiger partial charge >= 0.3 is 0 Å². The Morgan fingerprint density at radius 1 is 1.21 bits per heavy atom. The van der Waals surface area contributed by atoms with Crippen molar-refractivity contribution >= 4 is 27.3 Å². The monoisotopic (exact) mass is 436 g/mol. The van der Waals surface area contributed by atoms with Crippen molar-refractivity contribution in [3.8, 4) is 0 Å². The van der Waals surface area contributed by atoms with Gasteiger partial charge in [-0.1, -0.05) is 6.07 Å². The van der Waals surface area contributed by atoms with E-state index in [1.807, 2.05) is 15.6 Å². The fourth-order valence-electron chi connectivity index (χ4n) is 3.70. The lowest BCUT2D eigenvalue weighted by molar-refractivity contribution is 0.0690. The average Bonchev–Trinajstić information content (AvgIpc) is 3.17. The molecule has 0 aromatic carbocycles. The number of aromatic nitrogens is 2. The molecule has 0 atom stereocenters. The van der Waals surface area contributed by atoms with Gasteiger partial charge in [0.1, 0.15) is 9.90 Å². The number of carbonyl (C=O) groups is 1. The molecule has 1 saturated carbocycles. The van der Waals surface area contributed by atoms with Gasteiger partial charge in [0.15, 0.2) is 0 Å². The van der Waals surface area contributed by atoms with E-state index in [0.29, 0.717) is 41.8 Å². The molecule has 1 amide bonds. The first-order valence-corrected chi connectivity index (χ1v) is 12.5. The molecule has 2 fully saturated rings. The van der Waals surface area contributed by atoms with Crippen LogP contribution in [0.4, 0.5) is 0 Å². The highest BCUT2D eigenvalue weighted by Gasteiger charge is 2.34. The van der Waals surface area contributed by atoms with E-state index in [1.165, 1.54) is 11.3 Å². The summed E-state index contributed by atoms with van der Waals surface area (Å²) >= 11 is 1.21. The van der Waals surface area contributed by atoms with Crippen molar-refractivity contribution in [2.75, 3.05) is 13.1 Å². The molecule has 0 unspecified atom stereocenters. The maximum atomic E-state index is 13.2. The molecular weight excluding hydrogens is 408 g/mol. The van der Waals surface area contributed by atoms with Gasteiger partial charge < -0.3 is 4.90 Å². The van der Waals surface area contributed by atoms with Crippen LogP contribution in [-0.4, -0.2) is 48.1 Å². The number of hydrogen-bond donors (Lipinski definition) is 1. The summed E-state index contributed by atoms with van der Waals surface area (Å²) in [6, 6.07) is 5.14. The third-order valence-corrected chi connectivity index (χ3v) is 8.36. The van der Waals surface area contributed by atoms with Crippen LogP contribution in [-0.2, 0) is 15.6 Å². The molecule has 0 radical (unpaired) electrons. The molecule has 1 saturated heterocycles. The molecule has 29 heavy (non-hydrogen) atoms. The highest BCUT2D eigenvalue weighted by atomic mass is 32.2. The van der Waals surface area contributed by atoms with Gasteiger partial charge in [0, 0.05) is 25.0 Å². The van der Waals surface area contributed by atoms with Gasteiger partial charge in [-0.3, -0.25) is 9.48 Å². The number of hydrogen-bond acceptors (Lipinski definition) is 5. The lowest BCUT2D eigenvalue weighted by Crippen LogP contribution is -2.47. The minimum absolute atomic E-state index is 0.0149. The van der Waals surface area contributed by atoms with E-state index in [4.69, 9.17) is 5.10 Å². The van der Waals surface area contributed by atoms with Gasteiger partial charge in [0.25, 0.3) is 5.91 Å². The van der Waals surface area contributed by atoms with Gasteiger partial charge in [0.05, 0.1) is 11.2 Å². The lowest BCUT2D eigenvalue weighted by atomic mass is 10.1. The summed E-state index contributed by atoms with van der Waals surface area (Å²) in [5.74, 6) is 0.474. The number of carbonyl (C=O) groups excluding carboxylic acids is 1. The second kappa shape index (κ2) is 7.52. The molecule has 4 rings (SSSR count). The summed E-state index contributed by atoms with van der Waals surface area (Å²) < 4.78 is 29.8. The van der Waals surface area contributed by atoms with Crippen molar-refractivity contribution in [3.05, 3.63) is 35.0 Å². The van der Waals surface area contributed by atoms with Gasteiger partial charge in [-0.05, 0) is 64.0 Å². The number of thiophene rings is 1. The van der Waals surface area contributed by atoms with Crippen LogP contribution < -0.4 is 4.72 Å². The Balaban J connectivity index is 1.43. The van der Waals surface area contributed by atoms with Gasteiger partial charge in [-0.2, -0.15) is 5.10 Å². The smallest absolute Gasteiger partial charge is 0.272 e. The van der Waals surface area contributed by atoms with Crippen LogP contribution in [0, 0.1) is 0 Å². The minimum atomic E-state index is -3.48. The normalized spacial score (nSPS) is 18.9. The molecule has 1 N–H and O–H groups in total. The number of likely N-dealkylation sites (tertiary alicyclic amines) is 1. The van der Waals surface area contributed by atoms with Crippen LogP contribution >= 0.6 is 11.3 Å². The van der Waals surface area contributed by atoms with Crippen LogP contribution in [0.25, 0.3) is 0 Å².